The third-order valence-corrected chi connectivity index (χ3v) is 5.08. The molecule has 0 amide bonds. The van der Waals surface area contributed by atoms with Crippen molar-refractivity contribution < 1.29 is 18.9 Å². The minimum Gasteiger partial charge on any atom is -0.493 e. The molecule has 6 nitrogen and oxygen atoms in total. The molecule has 1 N–H and O–H groups in total. The van der Waals surface area contributed by atoms with Gasteiger partial charge < -0.3 is 24.4 Å². The van der Waals surface area contributed by atoms with Crippen LogP contribution in [0.25, 0.3) is 0 Å². The van der Waals surface area contributed by atoms with Crippen LogP contribution in [0.5, 0.6) is 23.0 Å². The van der Waals surface area contributed by atoms with Crippen LogP contribution in [0.2, 0.25) is 10.0 Å². The normalized spacial score (nSPS) is 10.8. The average molecular weight is 475 g/mol. The fourth-order valence-corrected chi connectivity index (χ4v) is 3.47. The van der Waals surface area contributed by atoms with Gasteiger partial charge in [-0.2, -0.15) is 5.10 Å². The van der Waals surface area contributed by atoms with Crippen molar-refractivity contribution in [3.63, 3.8) is 0 Å². The molecule has 0 radical (unpaired) electrons. The SMILES string of the molecule is COc1ccc(CN/N=C\c2cc(Cl)c(OCc3cccc(Cl)c3)c(OC)c2)cc1OC. The standard InChI is InChI=1S/C24H24Cl2N2O4/c1-29-21-8-7-16(11-22(21)30-2)13-27-28-14-18-10-20(26)24(23(12-18)31-3)32-15-17-5-4-6-19(25)9-17/h4-12,14,27H,13,15H2,1-3H3/b28-14-. The molecule has 168 valence electrons. The van der Waals surface area contributed by atoms with Crippen LogP contribution >= 0.6 is 23.2 Å². The minimum absolute atomic E-state index is 0.316. The Kier molecular flexibility index (Phi) is 8.48. The van der Waals surface area contributed by atoms with Crippen LogP contribution in [0, 0.1) is 0 Å². The third kappa shape index (κ3) is 6.22. The van der Waals surface area contributed by atoms with Gasteiger partial charge in [-0.1, -0.05) is 41.4 Å². The molecule has 0 aliphatic heterocycles. The molecule has 0 saturated heterocycles. The lowest BCUT2D eigenvalue weighted by Gasteiger charge is -2.13. The minimum atomic E-state index is 0.316. The summed E-state index contributed by atoms with van der Waals surface area (Å²) >= 11 is 12.5. The van der Waals surface area contributed by atoms with Gasteiger partial charge in [-0.25, -0.2) is 0 Å². The molecule has 0 fully saturated rings. The van der Waals surface area contributed by atoms with E-state index in [1.165, 1.54) is 0 Å². The third-order valence-electron chi connectivity index (χ3n) is 4.56. The van der Waals surface area contributed by atoms with Gasteiger partial charge in [0.25, 0.3) is 0 Å². The first kappa shape index (κ1) is 23.6. The van der Waals surface area contributed by atoms with Gasteiger partial charge in [0.1, 0.15) is 6.61 Å². The van der Waals surface area contributed by atoms with Gasteiger partial charge in [0.2, 0.25) is 0 Å². The second-order valence-corrected chi connectivity index (χ2v) is 7.58. The van der Waals surface area contributed by atoms with Gasteiger partial charge >= 0.3 is 0 Å². The van der Waals surface area contributed by atoms with E-state index < -0.39 is 0 Å². The fourth-order valence-electron chi connectivity index (χ4n) is 2.98. The molecule has 0 aromatic heterocycles. The summed E-state index contributed by atoms with van der Waals surface area (Å²) < 4.78 is 21.9. The topological polar surface area (TPSA) is 61.3 Å². The Morgan fingerprint density at radius 1 is 0.844 bits per heavy atom. The van der Waals surface area contributed by atoms with E-state index in [0.717, 1.165) is 16.7 Å². The lowest BCUT2D eigenvalue weighted by molar-refractivity contribution is 0.284. The van der Waals surface area contributed by atoms with Crippen molar-refractivity contribution in [3.05, 3.63) is 81.3 Å². The van der Waals surface area contributed by atoms with Crippen molar-refractivity contribution in [1.82, 2.24) is 5.43 Å². The monoisotopic (exact) mass is 474 g/mol. The van der Waals surface area contributed by atoms with Gasteiger partial charge in [-0.15, -0.1) is 0 Å². The molecule has 3 aromatic carbocycles. The molecule has 0 unspecified atom stereocenters. The predicted molar refractivity (Wildman–Crippen MR) is 128 cm³/mol. The fraction of sp³-hybridized carbons (Fsp3) is 0.208. The molecule has 0 heterocycles. The number of hydrazone groups is 1. The maximum absolute atomic E-state index is 6.44. The number of halogens is 2. The Morgan fingerprint density at radius 3 is 2.34 bits per heavy atom. The highest BCUT2D eigenvalue weighted by atomic mass is 35.5. The van der Waals surface area contributed by atoms with Crippen molar-refractivity contribution in [2.24, 2.45) is 5.10 Å². The Bertz CT molecular complexity index is 1090. The zero-order valence-corrected chi connectivity index (χ0v) is 19.5. The van der Waals surface area contributed by atoms with E-state index >= 15 is 0 Å². The van der Waals surface area contributed by atoms with E-state index in [9.17, 15) is 0 Å². The number of rotatable bonds is 10. The Balaban J connectivity index is 1.64. The largest absolute Gasteiger partial charge is 0.493 e. The Hall–Kier alpha value is -3.09. The summed E-state index contributed by atoms with van der Waals surface area (Å²) in [5.74, 6) is 2.32. The van der Waals surface area contributed by atoms with Crippen LogP contribution < -0.4 is 24.4 Å². The first-order valence-corrected chi connectivity index (χ1v) is 10.5. The molecule has 3 aromatic rings. The van der Waals surface area contributed by atoms with Crippen LogP contribution in [0.3, 0.4) is 0 Å². The van der Waals surface area contributed by atoms with Gasteiger partial charge in [-0.05, 0) is 53.1 Å². The molecular weight excluding hydrogens is 451 g/mol. The first-order valence-electron chi connectivity index (χ1n) is 9.75. The summed E-state index contributed by atoms with van der Waals surface area (Å²) in [7, 11) is 4.77. The van der Waals surface area contributed by atoms with Crippen molar-refractivity contribution in [1.29, 1.82) is 0 Å². The molecular formula is C24H24Cl2N2O4. The number of hydrogen-bond donors (Lipinski definition) is 1. The van der Waals surface area contributed by atoms with E-state index in [1.807, 2.05) is 42.5 Å². The van der Waals surface area contributed by atoms with Crippen LogP contribution in [-0.2, 0) is 13.2 Å². The van der Waals surface area contributed by atoms with E-state index in [1.54, 1.807) is 39.7 Å². The molecule has 0 atom stereocenters. The van der Waals surface area contributed by atoms with E-state index in [0.29, 0.717) is 46.2 Å². The van der Waals surface area contributed by atoms with Crippen molar-refractivity contribution >= 4 is 29.4 Å². The first-order chi connectivity index (χ1) is 15.5. The average Bonchev–Trinajstić information content (AvgIpc) is 2.80. The van der Waals surface area contributed by atoms with E-state index in [4.69, 9.17) is 42.1 Å². The highest BCUT2D eigenvalue weighted by Gasteiger charge is 2.12. The molecule has 32 heavy (non-hydrogen) atoms. The Morgan fingerprint density at radius 2 is 1.62 bits per heavy atom. The molecule has 0 spiro atoms. The van der Waals surface area contributed by atoms with Crippen molar-refractivity contribution in [2.75, 3.05) is 21.3 Å². The second kappa shape index (κ2) is 11.5. The van der Waals surface area contributed by atoms with Crippen LogP contribution in [0.4, 0.5) is 0 Å². The van der Waals surface area contributed by atoms with E-state index in [-0.39, 0.29) is 0 Å². The van der Waals surface area contributed by atoms with Crippen molar-refractivity contribution in [3.8, 4) is 23.0 Å². The van der Waals surface area contributed by atoms with Crippen LogP contribution in [-0.4, -0.2) is 27.5 Å². The maximum Gasteiger partial charge on any atom is 0.180 e. The summed E-state index contributed by atoms with van der Waals surface area (Å²) in [5, 5.41) is 5.34. The zero-order valence-electron chi connectivity index (χ0n) is 18.0. The van der Waals surface area contributed by atoms with Gasteiger partial charge in [0.05, 0.1) is 39.1 Å². The molecule has 0 saturated carbocycles. The Labute approximate surface area is 197 Å². The number of nitrogens with one attached hydrogen (secondary N) is 1. The summed E-state index contributed by atoms with van der Waals surface area (Å²) in [6.07, 6.45) is 1.66. The number of methoxy groups -OCH3 is 3. The summed E-state index contributed by atoms with van der Waals surface area (Å²) in [5.41, 5.74) is 5.70. The maximum atomic E-state index is 6.44. The predicted octanol–water partition coefficient (Wildman–Crippen LogP) is 5.72. The number of hydrogen-bond acceptors (Lipinski definition) is 6. The highest BCUT2D eigenvalue weighted by Crippen LogP contribution is 2.36. The molecule has 0 aliphatic rings. The molecule has 0 aliphatic carbocycles. The van der Waals surface area contributed by atoms with E-state index in [2.05, 4.69) is 10.5 Å². The van der Waals surface area contributed by atoms with Gasteiger partial charge in [0.15, 0.2) is 23.0 Å². The van der Waals surface area contributed by atoms with Gasteiger partial charge in [-0.3, -0.25) is 0 Å². The van der Waals surface area contributed by atoms with Crippen LogP contribution in [0.15, 0.2) is 59.7 Å². The van der Waals surface area contributed by atoms with Crippen molar-refractivity contribution in [2.45, 2.75) is 13.2 Å². The quantitative estimate of drug-likeness (QED) is 0.300. The highest BCUT2D eigenvalue weighted by molar-refractivity contribution is 6.32. The lowest BCUT2D eigenvalue weighted by Crippen LogP contribution is -2.06. The number of benzene rings is 3. The lowest BCUT2D eigenvalue weighted by atomic mass is 10.2. The number of nitrogens with zero attached hydrogens (tertiary/aromatic N) is 1. The smallest absolute Gasteiger partial charge is 0.180 e. The second-order valence-electron chi connectivity index (χ2n) is 6.74. The molecule has 3 rings (SSSR count). The zero-order chi connectivity index (χ0) is 22.9. The van der Waals surface area contributed by atoms with Gasteiger partial charge in [0, 0.05) is 5.02 Å². The molecule has 8 heteroatoms. The number of ether oxygens (including phenoxy) is 4. The summed E-state index contributed by atoms with van der Waals surface area (Å²) in [4.78, 5) is 0. The molecule has 0 bridgehead atoms. The summed E-state index contributed by atoms with van der Waals surface area (Å²) in [6, 6.07) is 16.7. The summed E-state index contributed by atoms with van der Waals surface area (Å²) in [6.45, 7) is 0.833. The van der Waals surface area contributed by atoms with Crippen LogP contribution in [0.1, 0.15) is 16.7 Å².